The van der Waals surface area contributed by atoms with E-state index in [-0.39, 0.29) is 0 Å². The smallest absolute Gasteiger partial charge is 0.0233 e. The molecule has 1 aromatic rings. The molecule has 1 heteroatoms. The molecule has 1 unspecified atom stereocenters. The molecule has 0 aliphatic heterocycles. The third-order valence-electron chi connectivity index (χ3n) is 6.92. The van der Waals surface area contributed by atoms with Crippen molar-refractivity contribution in [2.45, 2.75) is 64.5 Å². The van der Waals surface area contributed by atoms with E-state index in [0.717, 1.165) is 24.3 Å². The number of hydrogen-bond acceptors (Lipinski definition) is 1. The largest absolute Gasteiger partial charge is 0.299 e. The zero-order valence-corrected chi connectivity index (χ0v) is 14.3. The van der Waals surface area contributed by atoms with Crippen LogP contribution in [0.1, 0.15) is 57.4 Å². The fourth-order valence-corrected chi connectivity index (χ4v) is 6.35. The van der Waals surface area contributed by atoms with Gasteiger partial charge in [0.15, 0.2) is 0 Å². The lowest BCUT2D eigenvalue weighted by Crippen LogP contribution is -2.48. The Bertz CT molecular complexity index is 471. The summed E-state index contributed by atoms with van der Waals surface area (Å²) in [5.74, 6) is 3.24. The highest BCUT2D eigenvalue weighted by atomic mass is 15.1. The zero-order valence-electron chi connectivity index (χ0n) is 14.3. The van der Waals surface area contributed by atoms with E-state index in [2.05, 4.69) is 49.2 Å². The Morgan fingerprint density at radius 3 is 2.09 bits per heavy atom. The molecule has 4 aliphatic carbocycles. The summed E-state index contributed by atoms with van der Waals surface area (Å²) in [7, 11) is 2.32. The summed E-state index contributed by atoms with van der Waals surface area (Å²) in [6, 6.07) is 11.7. The van der Waals surface area contributed by atoms with Crippen molar-refractivity contribution >= 4 is 0 Å². The van der Waals surface area contributed by atoms with Gasteiger partial charge in [0.2, 0.25) is 0 Å². The lowest BCUT2D eigenvalue weighted by atomic mass is 9.48. The van der Waals surface area contributed by atoms with Gasteiger partial charge in [-0.15, -0.1) is 0 Å². The van der Waals surface area contributed by atoms with Crippen LogP contribution in [-0.2, 0) is 6.54 Å². The molecule has 0 heterocycles. The third-order valence-corrected chi connectivity index (χ3v) is 6.92. The van der Waals surface area contributed by atoms with E-state index in [9.17, 15) is 0 Å². The molecule has 1 atom stereocenters. The van der Waals surface area contributed by atoms with Gasteiger partial charge in [0.05, 0.1) is 0 Å². The molecule has 0 radical (unpaired) electrons. The lowest BCUT2D eigenvalue weighted by molar-refractivity contribution is -0.0675. The maximum Gasteiger partial charge on any atom is 0.0233 e. The highest BCUT2D eigenvalue weighted by Gasteiger charge is 2.51. The monoisotopic (exact) mass is 297 g/mol. The van der Waals surface area contributed by atoms with Crippen LogP contribution in [-0.4, -0.2) is 18.0 Å². The van der Waals surface area contributed by atoms with E-state index < -0.39 is 0 Å². The molecule has 22 heavy (non-hydrogen) atoms. The molecule has 5 rings (SSSR count). The molecule has 1 aromatic carbocycles. The summed E-state index contributed by atoms with van der Waals surface area (Å²) in [5.41, 5.74) is 2.15. The molecular formula is C21H31N. The van der Waals surface area contributed by atoms with Crippen molar-refractivity contribution in [1.82, 2.24) is 4.90 Å². The van der Waals surface area contributed by atoms with Crippen LogP contribution < -0.4 is 0 Å². The van der Waals surface area contributed by atoms with E-state index in [0.29, 0.717) is 11.5 Å². The van der Waals surface area contributed by atoms with Crippen LogP contribution in [0.25, 0.3) is 0 Å². The van der Waals surface area contributed by atoms with Crippen LogP contribution in [0, 0.1) is 23.2 Å². The van der Waals surface area contributed by atoms with Crippen molar-refractivity contribution in [2.24, 2.45) is 23.2 Å². The van der Waals surface area contributed by atoms with E-state index >= 15 is 0 Å². The number of rotatable bonds is 5. The van der Waals surface area contributed by atoms with Gasteiger partial charge in [0.25, 0.3) is 0 Å². The van der Waals surface area contributed by atoms with Crippen LogP contribution in [0.15, 0.2) is 30.3 Å². The molecule has 4 saturated carbocycles. The standard InChI is InChI=1S/C21H31N/c1-16(22(2)15-17-6-4-3-5-7-17)11-21-12-18-8-19(13-21)10-20(9-18)14-21/h3-7,16,18-20H,8-15H2,1-2H3. The first-order valence-electron chi connectivity index (χ1n) is 9.36. The normalized spacial score (nSPS) is 37.7. The van der Waals surface area contributed by atoms with Crippen LogP contribution in [0.2, 0.25) is 0 Å². The molecular weight excluding hydrogens is 266 g/mol. The van der Waals surface area contributed by atoms with Gasteiger partial charge in [-0.2, -0.15) is 0 Å². The van der Waals surface area contributed by atoms with Crippen LogP contribution in [0.4, 0.5) is 0 Å². The van der Waals surface area contributed by atoms with Gasteiger partial charge in [-0.05, 0) is 87.6 Å². The molecule has 120 valence electrons. The predicted molar refractivity (Wildman–Crippen MR) is 92.6 cm³/mol. The number of nitrogens with zero attached hydrogens (tertiary/aromatic N) is 1. The second-order valence-electron chi connectivity index (χ2n) is 8.87. The molecule has 4 fully saturated rings. The van der Waals surface area contributed by atoms with Gasteiger partial charge in [0, 0.05) is 12.6 Å². The summed E-state index contributed by atoms with van der Waals surface area (Å²) in [5, 5.41) is 0. The van der Waals surface area contributed by atoms with Crippen molar-refractivity contribution in [1.29, 1.82) is 0 Å². The second-order valence-corrected chi connectivity index (χ2v) is 8.87. The van der Waals surface area contributed by atoms with Crippen molar-refractivity contribution in [3.05, 3.63) is 35.9 Å². The van der Waals surface area contributed by atoms with Crippen molar-refractivity contribution < 1.29 is 0 Å². The Balaban J connectivity index is 1.40. The highest BCUT2D eigenvalue weighted by molar-refractivity contribution is 5.14. The van der Waals surface area contributed by atoms with Crippen LogP contribution in [0.3, 0.4) is 0 Å². The van der Waals surface area contributed by atoms with E-state index in [1.165, 1.54) is 12.0 Å². The lowest BCUT2D eigenvalue weighted by Gasteiger charge is -2.58. The minimum Gasteiger partial charge on any atom is -0.299 e. The summed E-state index contributed by atoms with van der Waals surface area (Å²) >= 11 is 0. The second kappa shape index (κ2) is 5.67. The first kappa shape index (κ1) is 14.8. The van der Waals surface area contributed by atoms with E-state index in [1.54, 1.807) is 38.5 Å². The fraction of sp³-hybridized carbons (Fsp3) is 0.714. The zero-order chi connectivity index (χ0) is 15.2. The minimum atomic E-state index is 0.705. The Labute approximate surface area is 136 Å². The molecule has 0 amide bonds. The van der Waals surface area contributed by atoms with Crippen molar-refractivity contribution in [3.63, 3.8) is 0 Å². The Hall–Kier alpha value is -0.820. The first-order valence-corrected chi connectivity index (χ1v) is 9.36. The summed E-state index contributed by atoms with van der Waals surface area (Å²) in [6.45, 7) is 3.55. The van der Waals surface area contributed by atoms with Gasteiger partial charge < -0.3 is 0 Å². The third kappa shape index (κ3) is 2.85. The highest BCUT2D eigenvalue weighted by Crippen LogP contribution is 2.61. The summed E-state index contributed by atoms with van der Waals surface area (Å²) < 4.78 is 0. The van der Waals surface area contributed by atoms with Crippen LogP contribution in [0.5, 0.6) is 0 Å². The molecule has 4 bridgehead atoms. The minimum absolute atomic E-state index is 0.705. The van der Waals surface area contributed by atoms with Gasteiger partial charge in [-0.3, -0.25) is 4.90 Å². The molecule has 0 aromatic heterocycles. The number of hydrogen-bond donors (Lipinski definition) is 0. The van der Waals surface area contributed by atoms with Gasteiger partial charge in [0.1, 0.15) is 0 Å². The SMILES string of the molecule is CC(CC12CC3CC(CC(C3)C1)C2)N(C)Cc1ccccc1. The summed E-state index contributed by atoms with van der Waals surface area (Å²) in [4.78, 5) is 2.58. The van der Waals surface area contributed by atoms with E-state index in [1.807, 2.05) is 0 Å². The summed E-state index contributed by atoms with van der Waals surface area (Å²) in [6.07, 6.45) is 10.8. The average Bonchev–Trinajstić information content (AvgIpc) is 2.46. The maximum absolute atomic E-state index is 2.58. The topological polar surface area (TPSA) is 3.24 Å². The fourth-order valence-electron chi connectivity index (χ4n) is 6.35. The first-order chi connectivity index (χ1) is 10.6. The van der Waals surface area contributed by atoms with Gasteiger partial charge in [-0.25, -0.2) is 0 Å². The number of benzene rings is 1. The molecule has 0 saturated heterocycles. The van der Waals surface area contributed by atoms with Crippen molar-refractivity contribution in [2.75, 3.05) is 7.05 Å². The molecule has 4 aliphatic rings. The van der Waals surface area contributed by atoms with E-state index in [4.69, 9.17) is 0 Å². The molecule has 1 nitrogen and oxygen atoms in total. The maximum atomic E-state index is 2.58. The average molecular weight is 297 g/mol. The van der Waals surface area contributed by atoms with Gasteiger partial charge >= 0.3 is 0 Å². The molecule has 0 spiro atoms. The Kier molecular flexibility index (Phi) is 3.80. The quantitative estimate of drug-likeness (QED) is 0.729. The van der Waals surface area contributed by atoms with Crippen molar-refractivity contribution in [3.8, 4) is 0 Å². The van der Waals surface area contributed by atoms with Crippen LogP contribution >= 0.6 is 0 Å². The Morgan fingerprint density at radius 2 is 1.55 bits per heavy atom. The Morgan fingerprint density at radius 1 is 1.00 bits per heavy atom. The molecule has 0 N–H and O–H groups in total. The van der Waals surface area contributed by atoms with Gasteiger partial charge in [-0.1, -0.05) is 30.3 Å². The predicted octanol–water partition coefficient (Wildman–Crippen LogP) is 5.11.